The lowest BCUT2D eigenvalue weighted by atomic mass is 10.1. The number of methoxy groups -OCH3 is 4. The Hall–Kier alpha value is -2.41. The number of ether oxygens (including phenoxy) is 4. The van der Waals surface area contributed by atoms with Gasteiger partial charge in [0.05, 0.1) is 34.0 Å². The Morgan fingerprint density at radius 3 is 1.96 bits per heavy atom. The van der Waals surface area contributed by atoms with Crippen molar-refractivity contribution >= 4 is 27.5 Å². The fourth-order valence-electron chi connectivity index (χ4n) is 2.21. The van der Waals surface area contributed by atoms with Gasteiger partial charge in [-0.2, -0.15) is 0 Å². The predicted octanol–water partition coefficient (Wildman–Crippen LogP) is 3.74. The predicted molar refractivity (Wildman–Crippen MR) is 94.7 cm³/mol. The summed E-state index contributed by atoms with van der Waals surface area (Å²) < 4.78 is 21.8. The first-order chi connectivity index (χ1) is 11.5. The maximum Gasteiger partial charge on any atom is 0.259 e. The molecule has 7 heteroatoms. The van der Waals surface area contributed by atoms with Gasteiger partial charge in [0, 0.05) is 22.3 Å². The highest BCUT2D eigenvalue weighted by Crippen LogP contribution is 2.40. The number of hydrogen-bond donors (Lipinski definition) is 1. The van der Waals surface area contributed by atoms with Crippen LogP contribution in [-0.2, 0) is 0 Å². The van der Waals surface area contributed by atoms with Crippen LogP contribution in [0, 0.1) is 0 Å². The summed E-state index contributed by atoms with van der Waals surface area (Å²) in [6, 6.07) is 8.52. The van der Waals surface area contributed by atoms with Crippen molar-refractivity contribution in [2.45, 2.75) is 0 Å². The van der Waals surface area contributed by atoms with Crippen LogP contribution in [0.5, 0.6) is 23.0 Å². The Kier molecular flexibility index (Phi) is 5.92. The fourth-order valence-corrected chi connectivity index (χ4v) is 2.57. The molecule has 2 aromatic rings. The second-order valence-corrected chi connectivity index (χ2v) is 5.63. The fraction of sp³-hybridized carbons (Fsp3) is 0.235. The Balaban J connectivity index is 2.37. The third kappa shape index (κ3) is 3.73. The molecule has 2 rings (SSSR count). The van der Waals surface area contributed by atoms with E-state index in [0.29, 0.717) is 34.2 Å². The van der Waals surface area contributed by atoms with Gasteiger partial charge in [-0.05, 0) is 18.2 Å². The SMILES string of the molecule is COc1ccc(Br)cc1C(=O)Nc1cc(OC)c(OC)c(OC)c1. The first-order valence-electron chi connectivity index (χ1n) is 6.99. The van der Waals surface area contributed by atoms with Crippen molar-refractivity contribution in [3.05, 3.63) is 40.4 Å². The first-order valence-corrected chi connectivity index (χ1v) is 7.78. The van der Waals surface area contributed by atoms with E-state index in [9.17, 15) is 4.79 Å². The van der Waals surface area contributed by atoms with Crippen molar-refractivity contribution in [2.24, 2.45) is 0 Å². The molecule has 0 aliphatic rings. The van der Waals surface area contributed by atoms with Gasteiger partial charge in [0.2, 0.25) is 5.75 Å². The largest absolute Gasteiger partial charge is 0.496 e. The van der Waals surface area contributed by atoms with Gasteiger partial charge >= 0.3 is 0 Å². The van der Waals surface area contributed by atoms with Gasteiger partial charge < -0.3 is 24.3 Å². The molecule has 0 atom stereocenters. The molecule has 0 saturated carbocycles. The molecular formula is C17H18BrNO5. The van der Waals surface area contributed by atoms with E-state index in [0.717, 1.165) is 4.47 Å². The molecule has 0 spiro atoms. The monoisotopic (exact) mass is 395 g/mol. The van der Waals surface area contributed by atoms with E-state index in [2.05, 4.69) is 21.2 Å². The van der Waals surface area contributed by atoms with Crippen LogP contribution in [0.3, 0.4) is 0 Å². The van der Waals surface area contributed by atoms with Crippen LogP contribution in [0.2, 0.25) is 0 Å². The highest BCUT2D eigenvalue weighted by molar-refractivity contribution is 9.10. The average molecular weight is 396 g/mol. The summed E-state index contributed by atoms with van der Waals surface area (Å²) >= 11 is 3.35. The summed E-state index contributed by atoms with van der Waals surface area (Å²) in [7, 11) is 6.06. The van der Waals surface area contributed by atoms with Crippen molar-refractivity contribution in [2.75, 3.05) is 33.8 Å². The molecule has 0 radical (unpaired) electrons. The van der Waals surface area contributed by atoms with Gasteiger partial charge in [-0.25, -0.2) is 0 Å². The van der Waals surface area contributed by atoms with Crippen molar-refractivity contribution in [3.8, 4) is 23.0 Å². The topological polar surface area (TPSA) is 66.0 Å². The number of nitrogens with one attached hydrogen (secondary N) is 1. The van der Waals surface area contributed by atoms with Gasteiger partial charge in [-0.15, -0.1) is 0 Å². The molecule has 1 N–H and O–H groups in total. The van der Waals surface area contributed by atoms with Crippen LogP contribution in [-0.4, -0.2) is 34.3 Å². The normalized spacial score (nSPS) is 10.0. The lowest BCUT2D eigenvalue weighted by Crippen LogP contribution is -2.13. The summed E-state index contributed by atoms with van der Waals surface area (Å²) in [5, 5.41) is 2.81. The van der Waals surface area contributed by atoms with E-state index in [1.165, 1.54) is 28.4 Å². The van der Waals surface area contributed by atoms with Gasteiger partial charge in [0.15, 0.2) is 11.5 Å². The zero-order valence-corrected chi connectivity index (χ0v) is 15.4. The minimum atomic E-state index is -0.317. The van der Waals surface area contributed by atoms with E-state index < -0.39 is 0 Å². The third-order valence-corrected chi connectivity index (χ3v) is 3.82. The Labute approximate surface area is 148 Å². The number of halogens is 1. The maximum absolute atomic E-state index is 12.6. The molecule has 1 amide bonds. The molecule has 0 aromatic heterocycles. The average Bonchev–Trinajstić information content (AvgIpc) is 2.60. The molecule has 0 aliphatic carbocycles. The van der Waals surface area contributed by atoms with Crippen LogP contribution in [0.1, 0.15) is 10.4 Å². The molecule has 0 aliphatic heterocycles. The van der Waals surface area contributed by atoms with Gasteiger partial charge in [0.1, 0.15) is 5.75 Å². The van der Waals surface area contributed by atoms with Crippen molar-refractivity contribution in [1.29, 1.82) is 0 Å². The van der Waals surface area contributed by atoms with Crippen LogP contribution in [0.25, 0.3) is 0 Å². The Morgan fingerprint density at radius 2 is 1.46 bits per heavy atom. The summed E-state index contributed by atoms with van der Waals surface area (Å²) in [5.41, 5.74) is 0.914. The second kappa shape index (κ2) is 7.92. The van der Waals surface area contributed by atoms with Crippen molar-refractivity contribution in [1.82, 2.24) is 0 Å². The first kappa shape index (κ1) is 17.9. The molecule has 128 valence electrons. The molecule has 0 bridgehead atoms. The number of carbonyl (C=O) groups excluding carboxylic acids is 1. The zero-order chi connectivity index (χ0) is 17.7. The number of amides is 1. The maximum atomic E-state index is 12.6. The van der Waals surface area contributed by atoms with E-state index in [-0.39, 0.29) is 5.91 Å². The van der Waals surface area contributed by atoms with Crippen molar-refractivity contribution < 1.29 is 23.7 Å². The Bertz CT molecular complexity index is 723. The highest BCUT2D eigenvalue weighted by Gasteiger charge is 2.17. The van der Waals surface area contributed by atoms with Crippen LogP contribution < -0.4 is 24.3 Å². The quantitative estimate of drug-likeness (QED) is 0.806. The summed E-state index contributed by atoms with van der Waals surface area (Å²) in [6.07, 6.45) is 0. The van der Waals surface area contributed by atoms with Crippen LogP contribution >= 0.6 is 15.9 Å². The summed E-state index contributed by atoms with van der Waals surface area (Å²) in [4.78, 5) is 12.6. The molecular weight excluding hydrogens is 378 g/mol. The molecule has 0 unspecified atom stereocenters. The highest BCUT2D eigenvalue weighted by atomic mass is 79.9. The van der Waals surface area contributed by atoms with E-state index >= 15 is 0 Å². The van der Waals surface area contributed by atoms with Crippen LogP contribution in [0.4, 0.5) is 5.69 Å². The standard InChI is InChI=1S/C17H18BrNO5/c1-21-13-6-5-10(18)7-12(13)17(20)19-11-8-14(22-2)16(24-4)15(9-11)23-3/h5-9H,1-4H3,(H,19,20). The Morgan fingerprint density at radius 1 is 0.875 bits per heavy atom. The number of carbonyl (C=O) groups is 1. The summed E-state index contributed by atoms with van der Waals surface area (Å²) in [5.74, 6) is 1.52. The van der Waals surface area contributed by atoms with Gasteiger partial charge in [0.25, 0.3) is 5.91 Å². The molecule has 0 saturated heterocycles. The molecule has 2 aromatic carbocycles. The number of hydrogen-bond acceptors (Lipinski definition) is 5. The third-order valence-electron chi connectivity index (χ3n) is 3.33. The smallest absolute Gasteiger partial charge is 0.259 e. The van der Waals surface area contributed by atoms with Gasteiger partial charge in [-0.1, -0.05) is 15.9 Å². The van der Waals surface area contributed by atoms with Crippen molar-refractivity contribution in [3.63, 3.8) is 0 Å². The van der Waals surface area contributed by atoms with E-state index in [1.807, 2.05) is 0 Å². The number of benzene rings is 2. The molecule has 0 fully saturated rings. The zero-order valence-electron chi connectivity index (χ0n) is 13.8. The summed E-state index contributed by atoms with van der Waals surface area (Å²) in [6.45, 7) is 0. The van der Waals surface area contributed by atoms with E-state index in [4.69, 9.17) is 18.9 Å². The molecule has 0 heterocycles. The lowest BCUT2D eigenvalue weighted by molar-refractivity contribution is 0.102. The van der Waals surface area contributed by atoms with E-state index in [1.54, 1.807) is 30.3 Å². The van der Waals surface area contributed by atoms with Crippen LogP contribution in [0.15, 0.2) is 34.8 Å². The minimum Gasteiger partial charge on any atom is -0.496 e. The number of rotatable bonds is 6. The lowest BCUT2D eigenvalue weighted by Gasteiger charge is -2.15. The minimum absolute atomic E-state index is 0.317. The number of anilines is 1. The van der Waals surface area contributed by atoms with Gasteiger partial charge in [-0.3, -0.25) is 4.79 Å². The molecule has 24 heavy (non-hydrogen) atoms. The molecule has 6 nitrogen and oxygen atoms in total. The second-order valence-electron chi connectivity index (χ2n) is 4.71.